The number of rotatable bonds is 1. The van der Waals surface area contributed by atoms with Crippen molar-refractivity contribution in [2.45, 2.75) is 25.8 Å². The quantitative estimate of drug-likeness (QED) is 0.634. The first-order chi connectivity index (χ1) is 7.22. The van der Waals surface area contributed by atoms with E-state index < -0.39 is 0 Å². The second-order valence-electron chi connectivity index (χ2n) is 3.92. The Bertz CT molecular complexity index is 280. The fraction of sp³-hybridized carbons (Fsp3) is 0.800. The molecule has 0 spiro atoms. The minimum absolute atomic E-state index is 0.218. The fourth-order valence-corrected chi connectivity index (χ4v) is 2.25. The van der Waals surface area contributed by atoms with E-state index in [1.54, 1.807) is 11.8 Å². The van der Waals surface area contributed by atoms with Gasteiger partial charge in [0.1, 0.15) is 0 Å². The van der Waals surface area contributed by atoms with E-state index in [4.69, 9.17) is 4.74 Å². The minimum atomic E-state index is -0.253. The summed E-state index contributed by atoms with van der Waals surface area (Å²) in [5, 5.41) is 0. The lowest BCUT2D eigenvalue weighted by Gasteiger charge is -2.36. The highest BCUT2D eigenvalue weighted by atomic mass is 16.6. The molecule has 0 saturated carbocycles. The second kappa shape index (κ2) is 4.08. The molecule has 2 saturated heterocycles. The van der Waals surface area contributed by atoms with Crippen LogP contribution in [-0.2, 0) is 9.53 Å². The van der Waals surface area contributed by atoms with Crippen LogP contribution in [0.2, 0.25) is 0 Å². The normalized spacial score (nSPS) is 25.4. The first-order valence-electron chi connectivity index (χ1n) is 5.43. The SMILES string of the molecule is CCOC(=O)N1CCN2C(=O)CCC2C1. The zero-order valence-corrected chi connectivity index (χ0v) is 8.94. The molecule has 5 heteroatoms. The second-order valence-corrected chi connectivity index (χ2v) is 3.92. The van der Waals surface area contributed by atoms with Crippen LogP contribution >= 0.6 is 0 Å². The first kappa shape index (κ1) is 10.3. The highest BCUT2D eigenvalue weighted by Crippen LogP contribution is 2.22. The summed E-state index contributed by atoms with van der Waals surface area (Å²) in [6, 6.07) is 0.218. The van der Waals surface area contributed by atoms with Crippen molar-refractivity contribution in [3.05, 3.63) is 0 Å². The Morgan fingerprint density at radius 1 is 1.53 bits per heavy atom. The molecule has 0 aromatic carbocycles. The predicted molar refractivity (Wildman–Crippen MR) is 53.3 cm³/mol. The fourth-order valence-electron chi connectivity index (χ4n) is 2.25. The van der Waals surface area contributed by atoms with Gasteiger partial charge in [-0.05, 0) is 13.3 Å². The zero-order chi connectivity index (χ0) is 10.8. The number of hydrogen-bond donors (Lipinski definition) is 0. The molecule has 0 N–H and O–H groups in total. The van der Waals surface area contributed by atoms with Crippen LogP contribution in [0.1, 0.15) is 19.8 Å². The Morgan fingerprint density at radius 3 is 3.07 bits per heavy atom. The van der Waals surface area contributed by atoms with E-state index in [0.29, 0.717) is 32.7 Å². The summed E-state index contributed by atoms with van der Waals surface area (Å²) in [6.07, 6.45) is 1.24. The van der Waals surface area contributed by atoms with Crippen molar-refractivity contribution in [3.63, 3.8) is 0 Å². The van der Waals surface area contributed by atoms with Gasteiger partial charge in [0.2, 0.25) is 5.91 Å². The Balaban J connectivity index is 1.93. The van der Waals surface area contributed by atoms with Gasteiger partial charge in [0.05, 0.1) is 6.61 Å². The van der Waals surface area contributed by atoms with Crippen molar-refractivity contribution in [1.82, 2.24) is 9.80 Å². The molecule has 0 aliphatic carbocycles. The third kappa shape index (κ3) is 1.91. The summed E-state index contributed by atoms with van der Waals surface area (Å²) in [7, 11) is 0. The van der Waals surface area contributed by atoms with Crippen molar-refractivity contribution in [3.8, 4) is 0 Å². The van der Waals surface area contributed by atoms with Crippen molar-refractivity contribution in [2.75, 3.05) is 26.2 Å². The average molecular weight is 212 g/mol. The summed E-state index contributed by atoms with van der Waals surface area (Å²) in [5.41, 5.74) is 0. The third-order valence-corrected chi connectivity index (χ3v) is 3.02. The lowest BCUT2D eigenvalue weighted by Crippen LogP contribution is -2.53. The molecule has 84 valence electrons. The van der Waals surface area contributed by atoms with E-state index in [-0.39, 0.29) is 18.0 Å². The van der Waals surface area contributed by atoms with Gasteiger partial charge in [0.15, 0.2) is 0 Å². The summed E-state index contributed by atoms with van der Waals surface area (Å²) < 4.78 is 4.94. The summed E-state index contributed by atoms with van der Waals surface area (Å²) in [5.74, 6) is 0.225. The largest absolute Gasteiger partial charge is 0.450 e. The van der Waals surface area contributed by atoms with Gasteiger partial charge in [-0.15, -0.1) is 0 Å². The summed E-state index contributed by atoms with van der Waals surface area (Å²) >= 11 is 0. The van der Waals surface area contributed by atoms with Crippen LogP contribution in [0, 0.1) is 0 Å². The van der Waals surface area contributed by atoms with Crippen molar-refractivity contribution < 1.29 is 14.3 Å². The smallest absolute Gasteiger partial charge is 0.409 e. The molecule has 0 aromatic rings. The van der Waals surface area contributed by atoms with E-state index in [9.17, 15) is 9.59 Å². The maximum absolute atomic E-state index is 11.5. The molecule has 0 radical (unpaired) electrons. The standard InChI is InChI=1S/C10H16N2O3/c1-2-15-10(14)11-5-6-12-8(7-11)3-4-9(12)13/h8H,2-7H2,1H3. The molecule has 0 bridgehead atoms. The van der Waals surface area contributed by atoms with Crippen LogP contribution in [0.3, 0.4) is 0 Å². The van der Waals surface area contributed by atoms with Gasteiger partial charge >= 0.3 is 6.09 Å². The molecular weight excluding hydrogens is 196 g/mol. The molecule has 2 aliphatic heterocycles. The van der Waals surface area contributed by atoms with Gasteiger partial charge in [-0.2, -0.15) is 0 Å². The summed E-state index contributed by atoms with van der Waals surface area (Å²) in [6.45, 7) is 4.09. The summed E-state index contributed by atoms with van der Waals surface area (Å²) in [4.78, 5) is 26.5. The van der Waals surface area contributed by atoms with Crippen LogP contribution in [-0.4, -0.2) is 54.1 Å². The van der Waals surface area contributed by atoms with Crippen LogP contribution in [0.25, 0.3) is 0 Å². The Hall–Kier alpha value is -1.26. The van der Waals surface area contributed by atoms with E-state index >= 15 is 0 Å². The van der Waals surface area contributed by atoms with Gasteiger partial charge in [-0.1, -0.05) is 0 Å². The topological polar surface area (TPSA) is 49.9 Å². The van der Waals surface area contributed by atoms with Crippen LogP contribution in [0.5, 0.6) is 0 Å². The van der Waals surface area contributed by atoms with Crippen LogP contribution in [0.15, 0.2) is 0 Å². The maximum atomic E-state index is 11.5. The molecule has 1 unspecified atom stereocenters. The average Bonchev–Trinajstić information content (AvgIpc) is 2.60. The van der Waals surface area contributed by atoms with E-state index in [2.05, 4.69) is 0 Å². The lowest BCUT2D eigenvalue weighted by molar-refractivity contribution is -0.130. The number of carbonyl (C=O) groups excluding carboxylic acids is 2. The van der Waals surface area contributed by atoms with Crippen molar-refractivity contribution >= 4 is 12.0 Å². The predicted octanol–water partition coefficient (Wildman–Crippen LogP) is 0.449. The Morgan fingerprint density at radius 2 is 2.33 bits per heavy atom. The Labute approximate surface area is 89.0 Å². The Kier molecular flexibility index (Phi) is 2.79. The number of ether oxygens (including phenoxy) is 1. The van der Waals surface area contributed by atoms with Crippen LogP contribution in [0.4, 0.5) is 4.79 Å². The number of nitrogens with zero attached hydrogens (tertiary/aromatic N) is 2. The van der Waals surface area contributed by atoms with E-state index in [0.717, 1.165) is 6.42 Å². The lowest BCUT2D eigenvalue weighted by atomic mass is 10.2. The highest BCUT2D eigenvalue weighted by Gasteiger charge is 2.37. The van der Waals surface area contributed by atoms with E-state index in [1.807, 2.05) is 4.90 Å². The van der Waals surface area contributed by atoms with Gasteiger partial charge in [-0.3, -0.25) is 4.79 Å². The molecule has 2 amide bonds. The number of amides is 2. The number of carbonyl (C=O) groups is 2. The molecule has 5 nitrogen and oxygen atoms in total. The van der Waals surface area contributed by atoms with Gasteiger partial charge in [-0.25, -0.2) is 4.79 Å². The molecule has 15 heavy (non-hydrogen) atoms. The molecule has 2 heterocycles. The maximum Gasteiger partial charge on any atom is 0.409 e. The highest BCUT2D eigenvalue weighted by molar-refractivity contribution is 5.79. The minimum Gasteiger partial charge on any atom is -0.450 e. The van der Waals surface area contributed by atoms with E-state index in [1.165, 1.54) is 0 Å². The first-order valence-corrected chi connectivity index (χ1v) is 5.43. The molecule has 2 fully saturated rings. The number of fused-ring (bicyclic) bond motifs is 1. The monoisotopic (exact) mass is 212 g/mol. The van der Waals surface area contributed by atoms with Gasteiger partial charge in [0, 0.05) is 32.1 Å². The number of hydrogen-bond acceptors (Lipinski definition) is 3. The molecule has 0 aromatic heterocycles. The molecule has 2 rings (SSSR count). The molecule has 1 atom stereocenters. The third-order valence-electron chi connectivity index (χ3n) is 3.02. The zero-order valence-electron chi connectivity index (χ0n) is 8.94. The van der Waals surface area contributed by atoms with Crippen LogP contribution < -0.4 is 0 Å². The van der Waals surface area contributed by atoms with Gasteiger partial charge < -0.3 is 14.5 Å². The molecular formula is C10H16N2O3. The van der Waals surface area contributed by atoms with Crippen molar-refractivity contribution in [2.24, 2.45) is 0 Å². The number of piperazine rings is 1. The molecule has 2 aliphatic rings. The van der Waals surface area contributed by atoms with Gasteiger partial charge in [0.25, 0.3) is 0 Å². The van der Waals surface area contributed by atoms with Crippen molar-refractivity contribution in [1.29, 1.82) is 0 Å².